The van der Waals surface area contributed by atoms with Crippen molar-refractivity contribution in [2.45, 2.75) is 51.0 Å². The highest BCUT2D eigenvalue weighted by molar-refractivity contribution is 7.92. The fourth-order valence-electron chi connectivity index (χ4n) is 4.19. The normalized spacial score (nSPS) is 15.7. The van der Waals surface area contributed by atoms with Crippen molar-refractivity contribution in [2.75, 3.05) is 4.72 Å². The van der Waals surface area contributed by atoms with Crippen molar-refractivity contribution in [3.05, 3.63) is 94.0 Å². The van der Waals surface area contributed by atoms with Crippen molar-refractivity contribution < 1.29 is 13.2 Å². The molecule has 0 fully saturated rings. The van der Waals surface area contributed by atoms with Gasteiger partial charge in [-0.3, -0.25) is 9.52 Å². The fraction of sp³-hybridized carbons (Fsp3) is 0.269. The van der Waals surface area contributed by atoms with Crippen molar-refractivity contribution in [2.24, 2.45) is 0 Å². The third-order valence-electron chi connectivity index (χ3n) is 6.17. The first-order valence-corrected chi connectivity index (χ1v) is 12.3. The van der Waals surface area contributed by atoms with Gasteiger partial charge in [-0.2, -0.15) is 0 Å². The van der Waals surface area contributed by atoms with Crippen molar-refractivity contribution in [1.29, 1.82) is 0 Å². The maximum Gasteiger partial charge on any atom is 0.262 e. The maximum atomic E-state index is 13.1. The van der Waals surface area contributed by atoms with Crippen LogP contribution in [0.1, 0.15) is 57.1 Å². The minimum atomic E-state index is -3.84. The van der Waals surface area contributed by atoms with Crippen molar-refractivity contribution in [3.8, 4) is 0 Å². The molecule has 3 aromatic rings. The third-order valence-corrected chi connectivity index (χ3v) is 7.70. The summed E-state index contributed by atoms with van der Waals surface area (Å²) >= 11 is 0. The molecular formula is C26H28N2O3S. The Balaban J connectivity index is 1.58. The average molecular weight is 449 g/mol. The largest absolute Gasteiger partial charge is 0.345 e. The summed E-state index contributed by atoms with van der Waals surface area (Å²) in [7, 11) is -3.84. The molecule has 1 aliphatic carbocycles. The first-order chi connectivity index (χ1) is 15.2. The fourth-order valence-corrected chi connectivity index (χ4v) is 5.51. The van der Waals surface area contributed by atoms with Gasteiger partial charge in [0.15, 0.2) is 0 Å². The zero-order valence-corrected chi connectivity index (χ0v) is 19.4. The van der Waals surface area contributed by atoms with Crippen LogP contribution in [0.4, 0.5) is 5.69 Å². The van der Waals surface area contributed by atoms with Gasteiger partial charge in [0, 0.05) is 11.3 Å². The van der Waals surface area contributed by atoms with Gasteiger partial charge in [0.05, 0.1) is 10.9 Å². The number of rotatable bonds is 5. The molecule has 0 aliphatic heterocycles. The van der Waals surface area contributed by atoms with Crippen LogP contribution in [-0.2, 0) is 16.4 Å². The monoisotopic (exact) mass is 448 g/mol. The zero-order valence-electron chi connectivity index (χ0n) is 18.6. The van der Waals surface area contributed by atoms with Gasteiger partial charge in [-0.25, -0.2) is 8.42 Å². The molecule has 0 saturated heterocycles. The van der Waals surface area contributed by atoms with Crippen molar-refractivity contribution in [3.63, 3.8) is 0 Å². The first-order valence-electron chi connectivity index (χ1n) is 10.8. The lowest BCUT2D eigenvalue weighted by Gasteiger charge is -2.26. The van der Waals surface area contributed by atoms with Gasteiger partial charge in [0.2, 0.25) is 0 Å². The molecule has 5 nitrogen and oxygen atoms in total. The molecule has 0 heterocycles. The highest BCUT2D eigenvalue weighted by Crippen LogP contribution is 2.30. The Morgan fingerprint density at radius 3 is 2.44 bits per heavy atom. The van der Waals surface area contributed by atoms with E-state index in [1.807, 2.05) is 32.0 Å². The van der Waals surface area contributed by atoms with Crippen LogP contribution in [0.3, 0.4) is 0 Å². The molecule has 0 aromatic heterocycles. The topological polar surface area (TPSA) is 75.3 Å². The van der Waals surface area contributed by atoms with E-state index in [2.05, 4.69) is 22.2 Å². The number of carbonyl (C=O) groups is 1. The second-order valence-corrected chi connectivity index (χ2v) is 10.2. The number of nitrogens with one attached hydrogen (secondary N) is 2. The predicted octanol–water partition coefficient (Wildman–Crippen LogP) is 5.22. The van der Waals surface area contributed by atoms with Crippen LogP contribution in [0.2, 0.25) is 0 Å². The summed E-state index contributed by atoms with van der Waals surface area (Å²) in [5.41, 5.74) is 5.91. The summed E-state index contributed by atoms with van der Waals surface area (Å²) in [6.45, 7) is 5.64. The molecule has 0 bridgehead atoms. The van der Waals surface area contributed by atoms with Gasteiger partial charge >= 0.3 is 0 Å². The van der Waals surface area contributed by atoms with Gasteiger partial charge in [-0.05, 0) is 92.1 Å². The summed E-state index contributed by atoms with van der Waals surface area (Å²) in [6, 6.07) is 18.3. The second-order valence-electron chi connectivity index (χ2n) is 8.50. The lowest BCUT2D eigenvalue weighted by Crippen LogP contribution is -2.31. The van der Waals surface area contributed by atoms with Crippen LogP contribution in [-0.4, -0.2) is 14.3 Å². The molecule has 4 rings (SSSR count). The van der Waals surface area contributed by atoms with Gasteiger partial charge in [-0.1, -0.05) is 36.4 Å². The van der Waals surface area contributed by atoms with Gasteiger partial charge < -0.3 is 5.32 Å². The highest BCUT2D eigenvalue weighted by Gasteiger charge is 2.24. The van der Waals surface area contributed by atoms with Crippen LogP contribution in [0.5, 0.6) is 0 Å². The maximum absolute atomic E-state index is 13.1. The number of fused-ring (bicyclic) bond motifs is 1. The lowest BCUT2D eigenvalue weighted by atomic mass is 9.87. The molecule has 1 atom stereocenters. The zero-order chi connectivity index (χ0) is 22.9. The number of amides is 1. The SMILES string of the molecule is Cc1ccc(NS(=O)(=O)c2cc(C(=O)NC3CCCc4ccccc43)ccc2C)cc1C. The minimum Gasteiger partial charge on any atom is -0.345 e. The standard InChI is InChI=1S/C26H28N2O3S/c1-17-12-14-22(15-19(17)3)28-32(30,31)25-16-21(13-11-18(25)2)26(29)27-24-10-6-8-20-7-4-5-9-23(20)24/h4-5,7,9,11-16,24,28H,6,8,10H2,1-3H3,(H,27,29). The number of hydrogen-bond acceptors (Lipinski definition) is 3. The molecule has 0 saturated carbocycles. The number of sulfonamides is 1. The minimum absolute atomic E-state index is 0.0672. The number of anilines is 1. The Kier molecular flexibility index (Phi) is 6.07. The predicted molar refractivity (Wildman–Crippen MR) is 127 cm³/mol. The van der Waals surface area contributed by atoms with E-state index in [1.54, 1.807) is 31.2 Å². The summed E-state index contributed by atoms with van der Waals surface area (Å²) in [6.07, 6.45) is 2.89. The molecule has 0 radical (unpaired) electrons. The Hall–Kier alpha value is -3.12. The number of aryl methyl sites for hydroxylation is 4. The van der Waals surface area contributed by atoms with Crippen molar-refractivity contribution in [1.82, 2.24) is 5.32 Å². The first kappa shape index (κ1) is 22.1. The Labute approximate surface area is 189 Å². The molecule has 1 unspecified atom stereocenters. The van der Waals surface area contributed by atoms with E-state index < -0.39 is 10.0 Å². The molecular weight excluding hydrogens is 420 g/mol. The number of carbonyl (C=O) groups excluding carboxylic acids is 1. The summed E-state index contributed by atoms with van der Waals surface area (Å²) in [4.78, 5) is 13.1. The Bertz CT molecular complexity index is 1280. The summed E-state index contributed by atoms with van der Waals surface area (Å²) < 4.78 is 28.9. The van der Waals surface area contributed by atoms with Crippen LogP contribution < -0.4 is 10.0 Å². The average Bonchev–Trinajstić information content (AvgIpc) is 2.76. The molecule has 2 N–H and O–H groups in total. The van der Waals surface area contributed by atoms with E-state index in [4.69, 9.17) is 0 Å². The summed E-state index contributed by atoms with van der Waals surface area (Å²) in [5.74, 6) is -0.269. The lowest BCUT2D eigenvalue weighted by molar-refractivity contribution is 0.0932. The van der Waals surface area contributed by atoms with Crippen LogP contribution in [0.25, 0.3) is 0 Å². The van der Waals surface area contributed by atoms with Gasteiger partial charge in [0.25, 0.3) is 15.9 Å². The van der Waals surface area contributed by atoms with E-state index in [0.717, 1.165) is 36.0 Å². The Morgan fingerprint density at radius 1 is 0.906 bits per heavy atom. The highest BCUT2D eigenvalue weighted by atomic mass is 32.2. The van der Waals surface area contributed by atoms with Gasteiger partial charge in [-0.15, -0.1) is 0 Å². The van der Waals surface area contributed by atoms with E-state index in [-0.39, 0.29) is 16.8 Å². The number of hydrogen-bond donors (Lipinski definition) is 2. The van der Waals surface area contributed by atoms with Crippen LogP contribution in [0, 0.1) is 20.8 Å². The van der Waals surface area contributed by atoms with E-state index in [1.165, 1.54) is 11.6 Å². The quantitative estimate of drug-likeness (QED) is 0.562. The van der Waals surface area contributed by atoms with Crippen LogP contribution in [0.15, 0.2) is 65.6 Å². The van der Waals surface area contributed by atoms with Gasteiger partial charge in [0.1, 0.15) is 0 Å². The number of benzene rings is 3. The molecule has 166 valence electrons. The van der Waals surface area contributed by atoms with Crippen LogP contribution >= 0.6 is 0 Å². The third kappa shape index (κ3) is 4.55. The van der Waals surface area contributed by atoms with E-state index >= 15 is 0 Å². The Morgan fingerprint density at radius 2 is 1.66 bits per heavy atom. The molecule has 1 amide bonds. The molecule has 32 heavy (non-hydrogen) atoms. The summed E-state index contributed by atoms with van der Waals surface area (Å²) in [5, 5.41) is 3.10. The smallest absolute Gasteiger partial charge is 0.262 e. The van der Waals surface area contributed by atoms with E-state index in [0.29, 0.717) is 16.8 Å². The molecule has 6 heteroatoms. The molecule has 0 spiro atoms. The molecule has 3 aromatic carbocycles. The van der Waals surface area contributed by atoms with Crippen molar-refractivity contribution >= 4 is 21.6 Å². The molecule has 1 aliphatic rings. The van der Waals surface area contributed by atoms with E-state index in [9.17, 15) is 13.2 Å². The second kappa shape index (κ2) is 8.79.